The van der Waals surface area contributed by atoms with Gasteiger partial charge in [-0.25, -0.2) is 26.3 Å². The molecular formula is C34H54N2O8S2. The Hall–Kier alpha value is -2.22. The van der Waals surface area contributed by atoms with Crippen LogP contribution in [0.25, 0.3) is 0 Å². The Morgan fingerprint density at radius 2 is 1.00 bits per heavy atom. The third-order valence-electron chi connectivity index (χ3n) is 8.22. The van der Waals surface area contributed by atoms with Crippen LogP contribution in [0.4, 0.5) is 0 Å². The van der Waals surface area contributed by atoms with Gasteiger partial charge in [0.15, 0.2) is 0 Å². The van der Waals surface area contributed by atoms with E-state index >= 15 is 0 Å². The molecule has 2 fully saturated rings. The van der Waals surface area contributed by atoms with Gasteiger partial charge in [0.25, 0.3) is 0 Å². The second kappa shape index (κ2) is 18.4. The van der Waals surface area contributed by atoms with Gasteiger partial charge in [-0.2, -0.15) is 0 Å². The van der Waals surface area contributed by atoms with Gasteiger partial charge in [0.1, 0.15) is 36.9 Å². The van der Waals surface area contributed by atoms with Crippen molar-refractivity contribution in [1.29, 1.82) is 0 Å². The van der Waals surface area contributed by atoms with Gasteiger partial charge in [0, 0.05) is 13.2 Å². The highest BCUT2D eigenvalue weighted by Crippen LogP contribution is 2.22. The van der Waals surface area contributed by atoms with E-state index in [1.54, 1.807) is 13.8 Å². The minimum absolute atomic E-state index is 0.0771. The van der Waals surface area contributed by atoms with Gasteiger partial charge in [-0.1, -0.05) is 52.0 Å². The summed E-state index contributed by atoms with van der Waals surface area (Å²) in [4.78, 5) is 0. The number of nitrogens with one attached hydrogen (secondary N) is 2. The van der Waals surface area contributed by atoms with Gasteiger partial charge in [0.2, 0.25) is 20.0 Å². The van der Waals surface area contributed by atoms with Crippen LogP contribution in [0.1, 0.15) is 90.2 Å². The number of sulfonamides is 2. The third kappa shape index (κ3) is 12.8. The van der Waals surface area contributed by atoms with E-state index in [0.29, 0.717) is 38.3 Å². The lowest BCUT2D eigenvalue weighted by Gasteiger charge is -2.31. The summed E-state index contributed by atoms with van der Waals surface area (Å²) in [5, 5.41) is 0. The average molecular weight is 683 g/mol. The molecule has 260 valence electrons. The molecule has 10 nitrogen and oxygen atoms in total. The Balaban J connectivity index is 0.000000250. The molecule has 2 aromatic rings. The summed E-state index contributed by atoms with van der Waals surface area (Å²) in [6, 6.07) is 15.6. The molecule has 2 aliphatic rings. The van der Waals surface area contributed by atoms with Crippen molar-refractivity contribution in [3.05, 3.63) is 59.7 Å². The number of benzene rings is 2. The van der Waals surface area contributed by atoms with Crippen LogP contribution in [0.2, 0.25) is 0 Å². The first kappa shape index (κ1) is 38.2. The third-order valence-corrected chi connectivity index (χ3v) is 11.1. The van der Waals surface area contributed by atoms with Gasteiger partial charge in [-0.05, 0) is 86.8 Å². The molecular weight excluding hydrogens is 629 g/mol. The van der Waals surface area contributed by atoms with E-state index in [0.717, 1.165) is 37.2 Å². The standard InChI is InChI=1S/2C17H27NO4S/c2*1-4-23(19,20)18-16-6-5-11-21-17(16)12-22-15-9-7-14(8-10-15)13(2)3/h2*7-10,13,16-18H,4-6,11-12H2,1-3H3/t2*16-,17+/m10/s1. The number of hydrogen-bond donors (Lipinski definition) is 2. The number of ether oxygens (including phenoxy) is 4. The highest BCUT2D eigenvalue weighted by Gasteiger charge is 2.31. The van der Waals surface area contributed by atoms with Crippen LogP contribution in [-0.2, 0) is 29.5 Å². The minimum Gasteiger partial charge on any atom is -0.491 e. The van der Waals surface area contributed by atoms with Crippen molar-refractivity contribution in [2.45, 2.75) is 103 Å². The summed E-state index contributed by atoms with van der Waals surface area (Å²) in [6.07, 6.45) is 2.76. The molecule has 0 aliphatic carbocycles. The van der Waals surface area contributed by atoms with Crippen molar-refractivity contribution in [2.75, 3.05) is 37.9 Å². The molecule has 4 rings (SSSR count). The van der Waals surface area contributed by atoms with Crippen molar-refractivity contribution in [3.8, 4) is 11.5 Å². The largest absolute Gasteiger partial charge is 0.491 e. The molecule has 4 atom stereocenters. The molecule has 0 unspecified atom stereocenters. The predicted octanol–water partition coefficient (Wildman–Crippen LogP) is 5.35. The summed E-state index contributed by atoms with van der Waals surface area (Å²) >= 11 is 0. The maximum Gasteiger partial charge on any atom is 0.211 e. The number of hydrogen-bond acceptors (Lipinski definition) is 8. The van der Waals surface area contributed by atoms with Crippen LogP contribution >= 0.6 is 0 Å². The smallest absolute Gasteiger partial charge is 0.211 e. The Morgan fingerprint density at radius 1 is 0.652 bits per heavy atom. The fourth-order valence-corrected chi connectivity index (χ4v) is 6.96. The zero-order valence-electron chi connectivity index (χ0n) is 28.2. The van der Waals surface area contributed by atoms with Crippen molar-refractivity contribution in [1.82, 2.24) is 9.44 Å². The zero-order chi connectivity index (χ0) is 33.7. The molecule has 46 heavy (non-hydrogen) atoms. The Bertz CT molecular complexity index is 1270. The van der Waals surface area contributed by atoms with Crippen LogP contribution in [0.5, 0.6) is 11.5 Å². The topological polar surface area (TPSA) is 129 Å². The summed E-state index contributed by atoms with van der Waals surface area (Å²) in [5.41, 5.74) is 2.53. The maximum atomic E-state index is 11.8. The fraction of sp³-hybridized carbons (Fsp3) is 0.647. The molecule has 0 amide bonds. The van der Waals surface area contributed by atoms with E-state index in [2.05, 4.69) is 61.4 Å². The molecule has 0 bridgehead atoms. The molecule has 2 heterocycles. The molecule has 0 aromatic heterocycles. The average Bonchev–Trinajstić information content (AvgIpc) is 3.04. The summed E-state index contributed by atoms with van der Waals surface area (Å²) in [7, 11) is -6.47. The molecule has 2 aliphatic heterocycles. The first-order chi connectivity index (χ1) is 21.8. The Kier molecular flexibility index (Phi) is 15.3. The SMILES string of the molecule is CCS(=O)(=O)N[C@@H]1CCCO[C@H]1COc1ccc(C(C)C)cc1.CCS(=O)(=O)N[C@H]1CCCO[C@@H]1COc1ccc(C(C)C)cc1. The zero-order valence-corrected chi connectivity index (χ0v) is 29.9. The Labute approximate surface area is 277 Å². The molecule has 0 spiro atoms. The van der Waals surface area contributed by atoms with Crippen molar-refractivity contribution < 1.29 is 35.8 Å². The van der Waals surface area contributed by atoms with Crippen LogP contribution in [-0.4, -0.2) is 79.1 Å². The van der Waals surface area contributed by atoms with Crippen molar-refractivity contribution >= 4 is 20.0 Å². The van der Waals surface area contributed by atoms with Gasteiger partial charge >= 0.3 is 0 Å². The van der Waals surface area contributed by atoms with Crippen LogP contribution in [0, 0.1) is 0 Å². The van der Waals surface area contributed by atoms with Gasteiger partial charge in [0.05, 0.1) is 23.6 Å². The van der Waals surface area contributed by atoms with E-state index in [1.807, 2.05) is 24.3 Å². The maximum absolute atomic E-state index is 11.8. The number of rotatable bonds is 14. The lowest BCUT2D eigenvalue weighted by atomic mass is 10.0. The first-order valence-electron chi connectivity index (χ1n) is 16.5. The molecule has 2 saturated heterocycles. The lowest BCUT2D eigenvalue weighted by Crippen LogP contribution is -2.49. The highest BCUT2D eigenvalue weighted by atomic mass is 32.2. The predicted molar refractivity (Wildman–Crippen MR) is 183 cm³/mol. The van der Waals surface area contributed by atoms with Crippen molar-refractivity contribution in [3.63, 3.8) is 0 Å². The summed E-state index contributed by atoms with van der Waals surface area (Å²) in [6.45, 7) is 13.8. The molecule has 12 heteroatoms. The fourth-order valence-electron chi connectivity index (χ4n) is 5.16. The Morgan fingerprint density at radius 3 is 1.30 bits per heavy atom. The second-order valence-corrected chi connectivity index (χ2v) is 16.5. The molecule has 0 radical (unpaired) electrons. The first-order valence-corrected chi connectivity index (χ1v) is 19.8. The minimum atomic E-state index is -3.24. The highest BCUT2D eigenvalue weighted by molar-refractivity contribution is 7.89. The quantitative estimate of drug-likeness (QED) is 0.273. The van der Waals surface area contributed by atoms with Gasteiger partial charge in [-0.3, -0.25) is 0 Å². The summed E-state index contributed by atoms with van der Waals surface area (Å²) < 4.78 is 75.6. The molecule has 2 aromatic carbocycles. The van der Waals surface area contributed by atoms with Crippen LogP contribution < -0.4 is 18.9 Å². The van der Waals surface area contributed by atoms with E-state index < -0.39 is 20.0 Å². The van der Waals surface area contributed by atoms with E-state index in [-0.39, 0.29) is 35.8 Å². The van der Waals surface area contributed by atoms with Gasteiger partial charge < -0.3 is 18.9 Å². The second-order valence-electron chi connectivity index (χ2n) is 12.4. The van der Waals surface area contributed by atoms with E-state index in [4.69, 9.17) is 18.9 Å². The summed E-state index contributed by atoms with van der Waals surface area (Å²) in [5.74, 6) is 2.68. The van der Waals surface area contributed by atoms with Crippen LogP contribution in [0.3, 0.4) is 0 Å². The van der Waals surface area contributed by atoms with Gasteiger partial charge in [-0.15, -0.1) is 0 Å². The van der Waals surface area contributed by atoms with Crippen LogP contribution in [0.15, 0.2) is 48.5 Å². The van der Waals surface area contributed by atoms with Crippen molar-refractivity contribution in [2.24, 2.45) is 0 Å². The van der Waals surface area contributed by atoms with E-state index in [1.165, 1.54) is 11.1 Å². The molecule has 2 N–H and O–H groups in total. The normalized spacial score (nSPS) is 22.3. The monoisotopic (exact) mass is 682 g/mol. The molecule has 0 saturated carbocycles. The van der Waals surface area contributed by atoms with E-state index in [9.17, 15) is 16.8 Å². The lowest BCUT2D eigenvalue weighted by molar-refractivity contribution is -0.0279.